The molecule has 0 saturated heterocycles. The Morgan fingerprint density at radius 1 is 1.24 bits per heavy atom. The fourth-order valence-electron chi connectivity index (χ4n) is 1.08. The van der Waals surface area contributed by atoms with E-state index in [1.165, 1.54) is 0 Å². The van der Waals surface area contributed by atoms with Crippen LogP contribution in [0.4, 0.5) is 0 Å². The maximum absolute atomic E-state index is 11.2. The van der Waals surface area contributed by atoms with Crippen LogP contribution in [-0.4, -0.2) is 42.7 Å². The Balaban J connectivity index is 3.45. The fraction of sp³-hybridized carbons (Fsp3) is 0.818. The average molecular weight is 263 g/mol. The van der Waals surface area contributed by atoms with Gasteiger partial charge in [0, 0.05) is 12.2 Å². The summed E-state index contributed by atoms with van der Waals surface area (Å²) in [5.74, 6) is 0.751. The van der Waals surface area contributed by atoms with Crippen LogP contribution in [0.5, 0.6) is 0 Å². The molecule has 0 heterocycles. The first-order chi connectivity index (χ1) is 8.11. The number of thioether (sulfide) groups is 1. The third-order valence-electron chi connectivity index (χ3n) is 1.86. The molecule has 0 bridgehead atoms. The van der Waals surface area contributed by atoms with Crippen LogP contribution in [0.2, 0.25) is 0 Å². The van der Waals surface area contributed by atoms with E-state index in [0.29, 0.717) is 25.4 Å². The van der Waals surface area contributed by atoms with Crippen LogP contribution in [-0.2, 0) is 19.1 Å². The van der Waals surface area contributed by atoms with Gasteiger partial charge in [-0.3, -0.25) is 9.59 Å². The van der Waals surface area contributed by atoms with Crippen LogP contribution in [0.3, 0.4) is 0 Å². The van der Waals surface area contributed by atoms with E-state index in [9.17, 15) is 9.59 Å². The Bertz CT molecular complexity index is 236. The number of esters is 2. The van der Waals surface area contributed by atoms with Crippen LogP contribution in [0.1, 0.15) is 26.7 Å². The third kappa shape index (κ3) is 9.00. The SMILES string of the molecule is CCOC(=O)CCCSC[C@H](N)C(=O)OCC. The summed E-state index contributed by atoms with van der Waals surface area (Å²) in [6.45, 7) is 4.29. The molecule has 17 heavy (non-hydrogen) atoms. The van der Waals surface area contributed by atoms with Crippen molar-refractivity contribution in [2.75, 3.05) is 24.7 Å². The van der Waals surface area contributed by atoms with Gasteiger partial charge < -0.3 is 15.2 Å². The Labute approximate surface area is 106 Å². The Morgan fingerprint density at radius 3 is 2.47 bits per heavy atom. The van der Waals surface area contributed by atoms with Gasteiger partial charge in [0.15, 0.2) is 0 Å². The zero-order valence-electron chi connectivity index (χ0n) is 10.4. The molecule has 0 aromatic carbocycles. The molecule has 0 aliphatic rings. The smallest absolute Gasteiger partial charge is 0.323 e. The van der Waals surface area contributed by atoms with Crippen LogP contribution >= 0.6 is 11.8 Å². The number of ether oxygens (including phenoxy) is 2. The second kappa shape index (κ2) is 10.4. The second-order valence-electron chi connectivity index (χ2n) is 3.34. The van der Waals surface area contributed by atoms with Gasteiger partial charge >= 0.3 is 11.9 Å². The number of hydrogen-bond acceptors (Lipinski definition) is 6. The lowest BCUT2D eigenvalue weighted by molar-refractivity contribution is -0.144. The average Bonchev–Trinajstić information content (AvgIpc) is 2.29. The van der Waals surface area contributed by atoms with Gasteiger partial charge in [0.25, 0.3) is 0 Å². The predicted molar refractivity (Wildman–Crippen MR) is 67.8 cm³/mol. The standard InChI is InChI=1S/C11H21NO4S/c1-3-15-10(13)6-5-7-17-8-9(12)11(14)16-4-2/h9H,3-8,12H2,1-2H3/t9-/m0/s1. The van der Waals surface area contributed by atoms with Crippen molar-refractivity contribution in [3.8, 4) is 0 Å². The van der Waals surface area contributed by atoms with Crippen molar-refractivity contribution in [2.24, 2.45) is 5.73 Å². The molecule has 0 saturated carbocycles. The normalized spacial score (nSPS) is 11.9. The van der Waals surface area contributed by atoms with Gasteiger partial charge in [0.05, 0.1) is 13.2 Å². The summed E-state index contributed by atoms with van der Waals surface area (Å²) in [7, 11) is 0. The Kier molecular flexibility index (Phi) is 9.95. The highest BCUT2D eigenvalue weighted by Crippen LogP contribution is 2.07. The first kappa shape index (κ1) is 16.2. The Hall–Kier alpha value is -0.750. The van der Waals surface area contributed by atoms with Crippen LogP contribution in [0.15, 0.2) is 0 Å². The summed E-state index contributed by atoms with van der Waals surface area (Å²) in [6, 6.07) is -0.581. The molecule has 0 fully saturated rings. The van der Waals surface area contributed by atoms with E-state index in [0.717, 1.165) is 12.2 Å². The molecule has 0 unspecified atom stereocenters. The summed E-state index contributed by atoms with van der Waals surface area (Å²) in [5.41, 5.74) is 5.61. The molecule has 0 aliphatic carbocycles. The van der Waals surface area contributed by atoms with Gasteiger partial charge in [-0.25, -0.2) is 0 Å². The minimum Gasteiger partial charge on any atom is -0.466 e. The third-order valence-corrected chi connectivity index (χ3v) is 3.03. The van der Waals surface area contributed by atoms with E-state index in [4.69, 9.17) is 15.2 Å². The van der Waals surface area contributed by atoms with Crippen LogP contribution < -0.4 is 5.73 Å². The van der Waals surface area contributed by atoms with Crippen LogP contribution in [0.25, 0.3) is 0 Å². The van der Waals surface area contributed by atoms with E-state index >= 15 is 0 Å². The number of carbonyl (C=O) groups excluding carboxylic acids is 2. The minimum atomic E-state index is -0.581. The molecular weight excluding hydrogens is 242 g/mol. The van der Waals surface area contributed by atoms with E-state index in [-0.39, 0.29) is 11.9 Å². The molecule has 0 aromatic rings. The number of carbonyl (C=O) groups is 2. The number of hydrogen-bond donors (Lipinski definition) is 1. The van der Waals surface area contributed by atoms with Crippen molar-refractivity contribution in [2.45, 2.75) is 32.7 Å². The molecule has 1 atom stereocenters. The summed E-state index contributed by atoms with van der Waals surface area (Å²) in [6.07, 6.45) is 1.15. The minimum absolute atomic E-state index is 0.178. The topological polar surface area (TPSA) is 78.6 Å². The van der Waals surface area contributed by atoms with Gasteiger partial charge in [-0.05, 0) is 26.0 Å². The molecule has 0 aliphatic heterocycles. The molecule has 2 N–H and O–H groups in total. The fourth-order valence-corrected chi connectivity index (χ4v) is 1.98. The molecule has 6 heteroatoms. The van der Waals surface area contributed by atoms with Gasteiger partial charge in [-0.15, -0.1) is 0 Å². The van der Waals surface area contributed by atoms with Crippen molar-refractivity contribution < 1.29 is 19.1 Å². The van der Waals surface area contributed by atoms with Crippen molar-refractivity contribution in [1.82, 2.24) is 0 Å². The molecular formula is C11H21NO4S. The number of nitrogens with two attached hydrogens (primary N) is 1. The molecule has 0 amide bonds. The van der Waals surface area contributed by atoms with Crippen molar-refractivity contribution in [3.05, 3.63) is 0 Å². The quantitative estimate of drug-likeness (QED) is 0.493. The lowest BCUT2D eigenvalue weighted by atomic mass is 10.3. The zero-order chi connectivity index (χ0) is 13.1. The van der Waals surface area contributed by atoms with Crippen LogP contribution in [0, 0.1) is 0 Å². The summed E-state index contributed by atoms with van der Waals surface area (Å²) in [5, 5.41) is 0. The summed E-state index contributed by atoms with van der Waals surface area (Å²) in [4.78, 5) is 22.2. The van der Waals surface area contributed by atoms with Gasteiger partial charge in [-0.1, -0.05) is 0 Å². The first-order valence-electron chi connectivity index (χ1n) is 5.77. The molecule has 0 aromatic heterocycles. The van der Waals surface area contributed by atoms with Gasteiger partial charge in [-0.2, -0.15) is 11.8 Å². The van der Waals surface area contributed by atoms with E-state index in [1.54, 1.807) is 25.6 Å². The van der Waals surface area contributed by atoms with E-state index in [1.807, 2.05) is 0 Å². The van der Waals surface area contributed by atoms with Gasteiger partial charge in [0.2, 0.25) is 0 Å². The highest BCUT2D eigenvalue weighted by atomic mass is 32.2. The summed E-state index contributed by atoms with van der Waals surface area (Å²) < 4.78 is 9.57. The predicted octanol–water partition coefficient (Wildman–Crippen LogP) is 0.953. The van der Waals surface area contributed by atoms with Gasteiger partial charge in [0.1, 0.15) is 6.04 Å². The molecule has 0 rings (SSSR count). The van der Waals surface area contributed by atoms with E-state index < -0.39 is 6.04 Å². The van der Waals surface area contributed by atoms with E-state index in [2.05, 4.69) is 0 Å². The zero-order valence-corrected chi connectivity index (χ0v) is 11.3. The highest BCUT2D eigenvalue weighted by molar-refractivity contribution is 7.99. The lowest BCUT2D eigenvalue weighted by Crippen LogP contribution is -2.34. The van der Waals surface area contributed by atoms with Crippen molar-refractivity contribution in [1.29, 1.82) is 0 Å². The molecule has 5 nitrogen and oxygen atoms in total. The largest absolute Gasteiger partial charge is 0.466 e. The van der Waals surface area contributed by atoms with Crippen molar-refractivity contribution >= 4 is 23.7 Å². The second-order valence-corrected chi connectivity index (χ2v) is 4.49. The number of rotatable bonds is 9. The maximum Gasteiger partial charge on any atom is 0.323 e. The van der Waals surface area contributed by atoms with Crippen molar-refractivity contribution in [3.63, 3.8) is 0 Å². The monoisotopic (exact) mass is 263 g/mol. The lowest BCUT2D eigenvalue weighted by Gasteiger charge is -2.09. The maximum atomic E-state index is 11.2. The molecule has 0 spiro atoms. The summed E-state index contributed by atoms with van der Waals surface area (Å²) >= 11 is 1.54. The first-order valence-corrected chi connectivity index (χ1v) is 6.92. The molecule has 100 valence electrons. The Morgan fingerprint density at radius 2 is 1.88 bits per heavy atom. The highest BCUT2D eigenvalue weighted by Gasteiger charge is 2.13. The molecule has 0 radical (unpaired) electrons.